The molecule has 0 spiro atoms. The summed E-state index contributed by atoms with van der Waals surface area (Å²) in [5, 5.41) is 11.3. The zero-order chi connectivity index (χ0) is 20.4. The summed E-state index contributed by atoms with van der Waals surface area (Å²) in [6, 6.07) is 19.5. The Morgan fingerprint density at radius 3 is 2.59 bits per heavy atom. The molecule has 0 amide bonds. The Kier molecular flexibility index (Phi) is 5.36. The molecule has 150 valence electrons. The summed E-state index contributed by atoms with van der Waals surface area (Å²) in [4.78, 5) is 15.5. The van der Waals surface area contributed by atoms with Gasteiger partial charge in [0, 0.05) is 31.9 Å². The van der Waals surface area contributed by atoms with Gasteiger partial charge in [0.2, 0.25) is 0 Å². The highest BCUT2D eigenvalue weighted by molar-refractivity contribution is 5.69. The second-order valence-corrected chi connectivity index (χ2v) is 7.65. The molecule has 0 N–H and O–H groups in total. The van der Waals surface area contributed by atoms with Crippen LogP contribution in [0.2, 0.25) is 0 Å². The molecule has 4 rings (SSSR count). The lowest BCUT2D eigenvalue weighted by Gasteiger charge is -2.24. The quantitative estimate of drug-likeness (QED) is 0.424. The number of nitro benzene ring substituents is 1. The van der Waals surface area contributed by atoms with Gasteiger partial charge in [0.1, 0.15) is 11.5 Å². The highest BCUT2D eigenvalue weighted by atomic mass is 16.6. The van der Waals surface area contributed by atoms with E-state index in [1.54, 1.807) is 18.2 Å². The van der Waals surface area contributed by atoms with Crippen molar-refractivity contribution in [2.75, 3.05) is 25.5 Å². The third kappa shape index (κ3) is 4.03. The van der Waals surface area contributed by atoms with E-state index in [1.807, 2.05) is 26.2 Å². The molecule has 1 atom stereocenters. The van der Waals surface area contributed by atoms with Crippen molar-refractivity contribution in [3.05, 3.63) is 82.1 Å². The molecule has 29 heavy (non-hydrogen) atoms. The maximum Gasteiger partial charge on any atom is 0.280 e. The van der Waals surface area contributed by atoms with Crippen LogP contribution in [0.25, 0.3) is 11.3 Å². The predicted molar refractivity (Wildman–Crippen MR) is 114 cm³/mol. The van der Waals surface area contributed by atoms with Gasteiger partial charge < -0.3 is 9.32 Å². The number of furan rings is 1. The van der Waals surface area contributed by atoms with E-state index in [0.29, 0.717) is 23.9 Å². The van der Waals surface area contributed by atoms with E-state index in [2.05, 4.69) is 34.1 Å². The van der Waals surface area contributed by atoms with E-state index in [9.17, 15) is 10.1 Å². The van der Waals surface area contributed by atoms with E-state index in [1.165, 1.54) is 17.3 Å². The monoisotopic (exact) mass is 391 g/mol. The topological polar surface area (TPSA) is 62.8 Å². The molecule has 1 saturated heterocycles. The molecule has 6 heteroatoms. The molecule has 0 saturated carbocycles. The average molecular weight is 391 g/mol. The van der Waals surface area contributed by atoms with Gasteiger partial charge >= 0.3 is 0 Å². The highest BCUT2D eigenvalue weighted by Crippen LogP contribution is 2.36. The number of nitrogens with zero attached hydrogens (tertiary/aromatic N) is 3. The number of likely N-dealkylation sites (tertiary alicyclic amines) is 1. The van der Waals surface area contributed by atoms with Gasteiger partial charge in [-0.15, -0.1) is 0 Å². The zero-order valence-electron chi connectivity index (χ0n) is 16.7. The number of anilines is 1. The summed E-state index contributed by atoms with van der Waals surface area (Å²) >= 11 is 0. The van der Waals surface area contributed by atoms with Crippen LogP contribution in [0.5, 0.6) is 0 Å². The van der Waals surface area contributed by atoms with E-state index >= 15 is 0 Å². The lowest BCUT2D eigenvalue weighted by molar-refractivity contribution is -0.384. The first kappa shape index (κ1) is 19.2. The molecule has 2 heterocycles. The molecule has 1 aliphatic rings. The molecule has 1 unspecified atom stereocenters. The Hall–Kier alpha value is -3.12. The van der Waals surface area contributed by atoms with Crippen molar-refractivity contribution in [2.24, 2.45) is 0 Å². The number of hydrogen-bond donors (Lipinski definition) is 0. The molecule has 0 aliphatic carbocycles. The number of para-hydroxylation sites is 1. The lowest BCUT2D eigenvalue weighted by Crippen LogP contribution is -2.22. The molecule has 2 aromatic carbocycles. The van der Waals surface area contributed by atoms with Crippen LogP contribution in [-0.4, -0.2) is 30.5 Å². The molecule has 6 nitrogen and oxygen atoms in total. The number of benzene rings is 2. The maximum absolute atomic E-state index is 11.3. The van der Waals surface area contributed by atoms with Crippen molar-refractivity contribution in [1.82, 2.24) is 4.90 Å². The minimum Gasteiger partial charge on any atom is -0.459 e. The Morgan fingerprint density at radius 2 is 1.86 bits per heavy atom. The number of hydrogen-bond acceptors (Lipinski definition) is 5. The molecular weight excluding hydrogens is 366 g/mol. The van der Waals surface area contributed by atoms with Gasteiger partial charge in [0.05, 0.1) is 17.0 Å². The Labute approximate surface area is 170 Å². The second kappa shape index (κ2) is 8.09. The average Bonchev–Trinajstić information content (AvgIpc) is 3.38. The molecule has 3 aromatic rings. The van der Waals surface area contributed by atoms with Crippen LogP contribution in [0, 0.1) is 10.1 Å². The van der Waals surface area contributed by atoms with Crippen molar-refractivity contribution in [3.8, 4) is 11.3 Å². The van der Waals surface area contributed by atoms with Gasteiger partial charge in [-0.1, -0.05) is 24.3 Å². The van der Waals surface area contributed by atoms with E-state index < -0.39 is 0 Å². The molecule has 1 aliphatic heterocycles. The van der Waals surface area contributed by atoms with Gasteiger partial charge in [-0.3, -0.25) is 15.0 Å². The minimum atomic E-state index is -0.370. The van der Waals surface area contributed by atoms with Crippen molar-refractivity contribution in [2.45, 2.75) is 25.4 Å². The van der Waals surface area contributed by atoms with E-state index in [4.69, 9.17) is 4.42 Å². The third-order valence-electron chi connectivity index (χ3n) is 5.54. The summed E-state index contributed by atoms with van der Waals surface area (Å²) < 4.78 is 6.00. The highest BCUT2D eigenvalue weighted by Gasteiger charge is 2.27. The Bertz CT molecular complexity index is 995. The van der Waals surface area contributed by atoms with Crippen molar-refractivity contribution in [1.29, 1.82) is 0 Å². The van der Waals surface area contributed by atoms with Gasteiger partial charge in [-0.05, 0) is 55.3 Å². The standard InChI is InChI=1S/C23H25N3O3/c1-24(2)18-11-9-17(10-12-18)21-8-5-15-25(21)16-19-13-14-23(29-19)20-6-3-4-7-22(20)26(27)28/h3-4,6-7,9-14,21H,5,8,15-16H2,1-2H3. The van der Waals surface area contributed by atoms with Crippen molar-refractivity contribution < 1.29 is 9.34 Å². The SMILES string of the molecule is CN(C)c1ccc(C2CCCN2Cc2ccc(-c3ccccc3[N+](=O)[O-])o2)cc1. The Balaban J connectivity index is 1.52. The normalized spacial score (nSPS) is 16.8. The fourth-order valence-electron chi connectivity index (χ4n) is 4.04. The first-order chi connectivity index (χ1) is 14.0. The third-order valence-corrected chi connectivity index (χ3v) is 5.54. The van der Waals surface area contributed by atoms with Crippen LogP contribution in [0.3, 0.4) is 0 Å². The van der Waals surface area contributed by atoms with E-state index in [0.717, 1.165) is 25.1 Å². The predicted octanol–water partition coefficient (Wildman–Crippen LogP) is 5.26. The van der Waals surface area contributed by atoms with E-state index in [-0.39, 0.29) is 10.6 Å². The molecule has 1 aromatic heterocycles. The maximum atomic E-state index is 11.3. The van der Waals surface area contributed by atoms with Gasteiger partial charge in [0.25, 0.3) is 5.69 Å². The second-order valence-electron chi connectivity index (χ2n) is 7.65. The molecule has 0 radical (unpaired) electrons. The zero-order valence-corrected chi connectivity index (χ0v) is 16.7. The summed E-state index contributed by atoms with van der Waals surface area (Å²) in [6.45, 7) is 1.71. The van der Waals surface area contributed by atoms with Crippen LogP contribution in [0.1, 0.15) is 30.2 Å². The van der Waals surface area contributed by atoms with Gasteiger partial charge in [-0.2, -0.15) is 0 Å². The first-order valence-corrected chi connectivity index (χ1v) is 9.87. The minimum absolute atomic E-state index is 0.0634. The molecule has 0 bridgehead atoms. The fraction of sp³-hybridized carbons (Fsp3) is 0.304. The van der Waals surface area contributed by atoms with Crippen LogP contribution in [-0.2, 0) is 6.54 Å². The first-order valence-electron chi connectivity index (χ1n) is 9.87. The van der Waals surface area contributed by atoms with Crippen LogP contribution in [0.4, 0.5) is 11.4 Å². The fourth-order valence-corrected chi connectivity index (χ4v) is 4.04. The van der Waals surface area contributed by atoms with Crippen LogP contribution < -0.4 is 4.90 Å². The molecule has 1 fully saturated rings. The van der Waals surface area contributed by atoms with Gasteiger partial charge in [-0.25, -0.2) is 0 Å². The summed E-state index contributed by atoms with van der Waals surface area (Å²) in [7, 11) is 4.09. The Morgan fingerprint density at radius 1 is 1.10 bits per heavy atom. The largest absolute Gasteiger partial charge is 0.459 e. The molecular formula is C23H25N3O3. The number of rotatable bonds is 6. The number of nitro groups is 1. The lowest BCUT2D eigenvalue weighted by atomic mass is 10.0. The summed E-state index contributed by atoms with van der Waals surface area (Å²) in [6.07, 6.45) is 2.27. The van der Waals surface area contributed by atoms with Crippen LogP contribution in [0.15, 0.2) is 65.1 Å². The van der Waals surface area contributed by atoms with Crippen molar-refractivity contribution >= 4 is 11.4 Å². The van der Waals surface area contributed by atoms with Crippen molar-refractivity contribution in [3.63, 3.8) is 0 Å². The van der Waals surface area contributed by atoms with Crippen LogP contribution >= 0.6 is 0 Å². The summed E-state index contributed by atoms with van der Waals surface area (Å²) in [5.41, 5.74) is 3.09. The summed E-state index contributed by atoms with van der Waals surface area (Å²) in [5.74, 6) is 1.37. The van der Waals surface area contributed by atoms with Gasteiger partial charge in [0.15, 0.2) is 0 Å². The smallest absolute Gasteiger partial charge is 0.280 e.